The van der Waals surface area contributed by atoms with Gasteiger partial charge >= 0.3 is 11.6 Å². The first kappa shape index (κ1) is 20.3. The van der Waals surface area contributed by atoms with Crippen LogP contribution in [-0.2, 0) is 9.53 Å². The molecule has 6 nitrogen and oxygen atoms in total. The Bertz CT molecular complexity index is 1350. The number of hydrogen-bond acceptors (Lipinski definition) is 6. The second kappa shape index (κ2) is 8.44. The van der Waals surface area contributed by atoms with Gasteiger partial charge in [-0.2, -0.15) is 0 Å². The van der Waals surface area contributed by atoms with Crippen molar-refractivity contribution in [2.24, 2.45) is 0 Å². The molecule has 4 rings (SSSR count). The second-order valence-electron chi connectivity index (χ2n) is 7.15. The first-order valence-corrected chi connectivity index (χ1v) is 9.72. The molecule has 4 aromatic rings. The van der Waals surface area contributed by atoms with Gasteiger partial charge in [-0.25, -0.2) is 4.79 Å². The standard InChI is InChI=1S/C25H20O6/c1-29-18-9-10-19-20(14-24(27)31-23(19)12-18)21(25(28)30-2)13-22(26)17-8-7-15-5-3-4-6-16(15)11-17/h3-12,14,21H,13H2,1-2H3/t21-/m1/s1. The molecule has 0 saturated heterocycles. The molecular formula is C25H20O6. The van der Waals surface area contributed by atoms with Crippen LogP contribution in [0.1, 0.15) is 28.3 Å². The Balaban J connectivity index is 1.76. The van der Waals surface area contributed by atoms with Crippen LogP contribution in [0.15, 0.2) is 75.9 Å². The third-order valence-electron chi connectivity index (χ3n) is 5.31. The smallest absolute Gasteiger partial charge is 0.336 e. The van der Waals surface area contributed by atoms with E-state index in [1.54, 1.807) is 30.3 Å². The van der Waals surface area contributed by atoms with E-state index in [1.807, 2.05) is 30.3 Å². The SMILES string of the molecule is COC(=O)[C@H](CC(=O)c1ccc2ccccc2c1)c1cc(=O)oc2cc(OC)ccc12. The number of benzene rings is 3. The van der Waals surface area contributed by atoms with Gasteiger partial charge in [0.1, 0.15) is 11.3 Å². The quantitative estimate of drug-likeness (QED) is 0.262. The van der Waals surface area contributed by atoms with Crippen molar-refractivity contribution in [3.63, 3.8) is 0 Å². The summed E-state index contributed by atoms with van der Waals surface area (Å²) in [7, 11) is 2.76. The molecule has 0 spiro atoms. The molecule has 0 amide bonds. The minimum atomic E-state index is -0.955. The maximum Gasteiger partial charge on any atom is 0.336 e. The van der Waals surface area contributed by atoms with Crippen molar-refractivity contribution < 1.29 is 23.5 Å². The summed E-state index contributed by atoms with van der Waals surface area (Å²) in [5.74, 6) is -1.27. The number of carbonyl (C=O) groups is 2. The minimum absolute atomic E-state index is 0.143. The van der Waals surface area contributed by atoms with Crippen molar-refractivity contribution in [2.45, 2.75) is 12.3 Å². The molecule has 156 valence electrons. The van der Waals surface area contributed by atoms with Crippen molar-refractivity contribution in [1.82, 2.24) is 0 Å². The Labute approximate surface area is 178 Å². The van der Waals surface area contributed by atoms with Crippen LogP contribution in [0.4, 0.5) is 0 Å². The molecule has 31 heavy (non-hydrogen) atoms. The average molecular weight is 416 g/mol. The van der Waals surface area contributed by atoms with Crippen LogP contribution in [0.3, 0.4) is 0 Å². The van der Waals surface area contributed by atoms with Gasteiger partial charge in [-0.05, 0) is 34.5 Å². The summed E-state index contributed by atoms with van der Waals surface area (Å²) in [5, 5.41) is 2.49. The molecule has 0 radical (unpaired) electrons. The Kier molecular flexibility index (Phi) is 5.54. The van der Waals surface area contributed by atoms with E-state index in [1.165, 1.54) is 20.3 Å². The molecule has 3 aromatic carbocycles. The van der Waals surface area contributed by atoms with Crippen molar-refractivity contribution >= 4 is 33.5 Å². The number of methoxy groups -OCH3 is 2. The number of esters is 1. The van der Waals surface area contributed by atoms with Crippen LogP contribution in [0.5, 0.6) is 5.75 Å². The van der Waals surface area contributed by atoms with Gasteiger partial charge in [0.2, 0.25) is 0 Å². The zero-order valence-corrected chi connectivity index (χ0v) is 17.1. The maximum absolute atomic E-state index is 13.1. The van der Waals surface area contributed by atoms with Gasteiger partial charge in [0.15, 0.2) is 5.78 Å². The molecular weight excluding hydrogens is 396 g/mol. The highest BCUT2D eigenvalue weighted by Gasteiger charge is 2.28. The summed E-state index contributed by atoms with van der Waals surface area (Å²) < 4.78 is 15.4. The van der Waals surface area contributed by atoms with Gasteiger partial charge in [0, 0.05) is 29.5 Å². The van der Waals surface area contributed by atoms with Crippen LogP contribution in [-0.4, -0.2) is 26.0 Å². The van der Waals surface area contributed by atoms with E-state index >= 15 is 0 Å². The highest BCUT2D eigenvalue weighted by Crippen LogP contribution is 2.31. The fourth-order valence-electron chi connectivity index (χ4n) is 3.71. The predicted octanol–water partition coefficient (Wildman–Crippen LogP) is 4.48. The Morgan fingerprint density at radius 1 is 0.935 bits per heavy atom. The lowest BCUT2D eigenvalue weighted by molar-refractivity contribution is -0.142. The van der Waals surface area contributed by atoms with Crippen molar-refractivity contribution in [2.75, 3.05) is 14.2 Å². The maximum atomic E-state index is 13.1. The molecule has 1 aromatic heterocycles. The second-order valence-corrected chi connectivity index (χ2v) is 7.15. The third-order valence-corrected chi connectivity index (χ3v) is 5.31. The lowest BCUT2D eigenvalue weighted by Crippen LogP contribution is -2.20. The van der Waals surface area contributed by atoms with E-state index in [-0.39, 0.29) is 17.8 Å². The molecule has 0 unspecified atom stereocenters. The Morgan fingerprint density at radius 2 is 1.71 bits per heavy atom. The summed E-state index contributed by atoms with van der Waals surface area (Å²) >= 11 is 0. The summed E-state index contributed by atoms with van der Waals surface area (Å²) in [4.78, 5) is 37.9. The van der Waals surface area contributed by atoms with Gasteiger partial charge in [0.05, 0.1) is 20.1 Å². The number of ether oxygens (including phenoxy) is 2. The van der Waals surface area contributed by atoms with E-state index in [0.29, 0.717) is 22.3 Å². The number of hydrogen-bond donors (Lipinski definition) is 0. The Morgan fingerprint density at radius 3 is 2.45 bits per heavy atom. The number of Topliss-reactive ketones (excluding diaryl/α,β-unsaturated/α-hetero) is 1. The van der Waals surface area contributed by atoms with E-state index in [0.717, 1.165) is 10.8 Å². The average Bonchev–Trinajstić information content (AvgIpc) is 2.80. The lowest BCUT2D eigenvalue weighted by Gasteiger charge is -2.16. The van der Waals surface area contributed by atoms with E-state index in [2.05, 4.69) is 0 Å². The monoisotopic (exact) mass is 416 g/mol. The first-order valence-electron chi connectivity index (χ1n) is 9.72. The molecule has 0 saturated carbocycles. The molecule has 0 fully saturated rings. The van der Waals surface area contributed by atoms with Crippen LogP contribution in [0.2, 0.25) is 0 Å². The Hall–Kier alpha value is -3.93. The minimum Gasteiger partial charge on any atom is -0.497 e. The largest absolute Gasteiger partial charge is 0.497 e. The normalized spacial score (nSPS) is 11.9. The predicted molar refractivity (Wildman–Crippen MR) is 117 cm³/mol. The molecule has 0 aliphatic heterocycles. The van der Waals surface area contributed by atoms with Crippen LogP contribution >= 0.6 is 0 Å². The lowest BCUT2D eigenvalue weighted by atomic mass is 9.89. The van der Waals surface area contributed by atoms with Gasteiger partial charge < -0.3 is 13.9 Å². The van der Waals surface area contributed by atoms with Crippen molar-refractivity contribution in [1.29, 1.82) is 0 Å². The highest BCUT2D eigenvalue weighted by molar-refractivity contribution is 6.03. The van der Waals surface area contributed by atoms with Gasteiger partial charge in [0.25, 0.3) is 0 Å². The van der Waals surface area contributed by atoms with Gasteiger partial charge in [-0.1, -0.05) is 36.4 Å². The number of rotatable bonds is 6. The summed E-state index contributed by atoms with van der Waals surface area (Å²) in [6, 6.07) is 19.3. The number of carbonyl (C=O) groups excluding carboxylic acids is 2. The molecule has 1 atom stereocenters. The molecule has 1 heterocycles. The highest BCUT2D eigenvalue weighted by atomic mass is 16.5. The third kappa shape index (κ3) is 4.05. The molecule has 0 bridgehead atoms. The van der Waals surface area contributed by atoms with E-state index in [4.69, 9.17) is 13.9 Å². The zero-order chi connectivity index (χ0) is 22.0. The fourth-order valence-corrected chi connectivity index (χ4v) is 3.71. The molecule has 6 heteroatoms. The number of fused-ring (bicyclic) bond motifs is 2. The number of ketones is 1. The summed E-state index contributed by atoms with van der Waals surface area (Å²) in [6.45, 7) is 0. The van der Waals surface area contributed by atoms with Gasteiger partial charge in [-0.3, -0.25) is 9.59 Å². The molecule has 0 aliphatic rings. The van der Waals surface area contributed by atoms with Crippen LogP contribution in [0, 0.1) is 0 Å². The summed E-state index contributed by atoms with van der Waals surface area (Å²) in [6.07, 6.45) is -0.143. The van der Waals surface area contributed by atoms with E-state index < -0.39 is 17.5 Å². The van der Waals surface area contributed by atoms with Crippen molar-refractivity contribution in [3.8, 4) is 5.75 Å². The van der Waals surface area contributed by atoms with Crippen LogP contribution < -0.4 is 10.4 Å². The first-order chi connectivity index (χ1) is 15.0. The molecule has 0 aliphatic carbocycles. The van der Waals surface area contributed by atoms with Gasteiger partial charge in [-0.15, -0.1) is 0 Å². The van der Waals surface area contributed by atoms with Crippen LogP contribution in [0.25, 0.3) is 21.7 Å². The molecule has 0 N–H and O–H groups in total. The van der Waals surface area contributed by atoms with Crippen molar-refractivity contribution in [3.05, 3.63) is 88.3 Å². The zero-order valence-electron chi connectivity index (χ0n) is 17.1. The topological polar surface area (TPSA) is 82.8 Å². The summed E-state index contributed by atoms with van der Waals surface area (Å²) in [5.41, 5.74) is 0.521. The van der Waals surface area contributed by atoms with E-state index in [9.17, 15) is 14.4 Å². The fraction of sp³-hybridized carbons (Fsp3) is 0.160.